The summed E-state index contributed by atoms with van der Waals surface area (Å²) in [6.45, 7) is 0.551. The van der Waals surface area contributed by atoms with Crippen LogP contribution < -0.4 is 20.9 Å². The summed E-state index contributed by atoms with van der Waals surface area (Å²) in [4.78, 5) is 35.7. The Balaban J connectivity index is 1.35. The first-order valence-corrected chi connectivity index (χ1v) is 13.6. The SMILES string of the molecule is COc1ccc(CNc2cccc3nc(C(Nc4ncnc5nc[nH]c45)C4CC4)n(-c4ccccc4)c(=O)c23)cc1. The number of methoxy groups -OCH3 is 1. The third-order valence-corrected chi connectivity index (χ3v) is 7.47. The fourth-order valence-electron chi connectivity index (χ4n) is 5.22. The molecule has 1 unspecified atom stereocenters. The Labute approximate surface area is 235 Å². The lowest BCUT2D eigenvalue weighted by atomic mass is 10.1. The Hall–Kier alpha value is -5.25. The van der Waals surface area contributed by atoms with Crippen LogP contribution in [0.3, 0.4) is 0 Å². The first kappa shape index (κ1) is 24.8. The molecule has 41 heavy (non-hydrogen) atoms. The van der Waals surface area contributed by atoms with E-state index in [2.05, 4.69) is 30.6 Å². The predicted octanol–water partition coefficient (Wildman–Crippen LogP) is 5.24. The van der Waals surface area contributed by atoms with Crippen LogP contribution in [0.5, 0.6) is 5.75 Å². The lowest BCUT2D eigenvalue weighted by Crippen LogP contribution is -2.29. The van der Waals surface area contributed by atoms with Crippen molar-refractivity contribution in [2.24, 2.45) is 5.92 Å². The van der Waals surface area contributed by atoms with Crippen molar-refractivity contribution >= 4 is 33.6 Å². The van der Waals surface area contributed by atoms with E-state index in [1.165, 1.54) is 6.33 Å². The van der Waals surface area contributed by atoms with Crippen molar-refractivity contribution in [1.82, 2.24) is 29.5 Å². The molecule has 3 aromatic carbocycles. The van der Waals surface area contributed by atoms with Crippen LogP contribution in [0.25, 0.3) is 27.8 Å². The van der Waals surface area contributed by atoms with Crippen molar-refractivity contribution < 1.29 is 4.74 Å². The molecule has 0 aliphatic heterocycles. The maximum atomic E-state index is 14.4. The van der Waals surface area contributed by atoms with E-state index in [4.69, 9.17) is 9.72 Å². The number of benzene rings is 3. The molecule has 7 rings (SSSR count). The maximum absolute atomic E-state index is 14.4. The predicted molar refractivity (Wildman–Crippen MR) is 158 cm³/mol. The molecule has 1 fully saturated rings. The van der Waals surface area contributed by atoms with Crippen LogP contribution in [0.1, 0.15) is 30.3 Å². The Bertz CT molecular complexity index is 1900. The second kappa shape index (κ2) is 10.4. The van der Waals surface area contributed by atoms with Gasteiger partial charge < -0.3 is 20.4 Å². The van der Waals surface area contributed by atoms with Crippen LogP contribution in [0.15, 0.2) is 90.2 Å². The Morgan fingerprint density at radius 1 is 1.00 bits per heavy atom. The zero-order valence-corrected chi connectivity index (χ0v) is 22.4. The van der Waals surface area contributed by atoms with Gasteiger partial charge in [-0.25, -0.2) is 19.9 Å². The minimum absolute atomic E-state index is 0.129. The number of nitrogens with one attached hydrogen (secondary N) is 3. The smallest absolute Gasteiger partial charge is 0.268 e. The van der Waals surface area contributed by atoms with Gasteiger partial charge in [-0.2, -0.15) is 0 Å². The number of imidazole rings is 1. The summed E-state index contributed by atoms with van der Waals surface area (Å²) in [5.74, 6) is 2.39. The third kappa shape index (κ3) is 4.73. The molecule has 1 saturated carbocycles. The van der Waals surface area contributed by atoms with Gasteiger partial charge in [0.25, 0.3) is 5.56 Å². The van der Waals surface area contributed by atoms with Crippen molar-refractivity contribution in [2.45, 2.75) is 25.4 Å². The summed E-state index contributed by atoms with van der Waals surface area (Å²) < 4.78 is 7.02. The molecule has 0 spiro atoms. The van der Waals surface area contributed by atoms with Crippen LogP contribution in [0.2, 0.25) is 0 Å². The molecule has 3 N–H and O–H groups in total. The van der Waals surface area contributed by atoms with Gasteiger partial charge in [0, 0.05) is 12.2 Å². The number of hydrogen-bond acceptors (Lipinski definition) is 8. The van der Waals surface area contributed by atoms with E-state index >= 15 is 0 Å². The third-order valence-electron chi connectivity index (χ3n) is 7.47. The molecule has 0 radical (unpaired) electrons. The highest BCUT2D eigenvalue weighted by Crippen LogP contribution is 2.43. The Morgan fingerprint density at radius 3 is 2.61 bits per heavy atom. The van der Waals surface area contributed by atoms with Gasteiger partial charge in [0.15, 0.2) is 11.5 Å². The van der Waals surface area contributed by atoms with Gasteiger partial charge in [0.1, 0.15) is 23.4 Å². The summed E-state index contributed by atoms with van der Waals surface area (Å²) in [5, 5.41) is 7.60. The highest BCUT2D eigenvalue weighted by atomic mass is 16.5. The van der Waals surface area contributed by atoms with E-state index in [9.17, 15) is 4.79 Å². The second-order valence-corrected chi connectivity index (χ2v) is 10.1. The lowest BCUT2D eigenvalue weighted by Gasteiger charge is -2.23. The average molecular weight is 545 g/mol. The molecule has 3 heterocycles. The summed E-state index contributed by atoms with van der Waals surface area (Å²) in [5.41, 5.74) is 4.37. The van der Waals surface area contributed by atoms with E-state index in [-0.39, 0.29) is 11.6 Å². The average Bonchev–Trinajstić information content (AvgIpc) is 3.74. The Kier molecular flexibility index (Phi) is 6.27. The standard InChI is InChI=1S/C31H28N8O2/c1-41-22-14-10-19(11-15-22)16-32-23-8-5-9-24-25(23)31(40)39(21-6-3-2-4-7-21)30(37-24)26(20-12-13-20)38-29-27-28(34-17-33-27)35-18-36-29/h2-11,14-15,17-18,20,26,32H,12-13,16H2,1H3,(H2,33,34,35,36,38). The number of ether oxygens (including phenoxy) is 1. The van der Waals surface area contributed by atoms with E-state index < -0.39 is 0 Å². The maximum Gasteiger partial charge on any atom is 0.268 e. The molecular formula is C31H28N8O2. The molecule has 1 aliphatic carbocycles. The first-order valence-electron chi connectivity index (χ1n) is 13.6. The summed E-state index contributed by atoms with van der Waals surface area (Å²) in [6, 6.07) is 23.1. The van der Waals surface area contributed by atoms with Crippen LogP contribution >= 0.6 is 0 Å². The molecule has 1 aliphatic rings. The van der Waals surface area contributed by atoms with Crippen LogP contribution in [-0.4, -0.2) is 36.6 Å². The number of H-pyrrole nitrogens is 1. The largest absolute Gasteiger partial charge is 0.497 e. The molecule has 10 heteroatoms. The number of aromatic amines is 1. The molecular weight excluding hydrogens is 516 g/mol. The summed E-state index contributed by atoms with van der Waals surface area (Å²) in [7, 11) is 1.65. The van der Waals surface area contributed by atoms with Gasteiger partial charge in [-0.15, -0.1) is 0 Å². The number of rotatable bonds is 9. The van der Waals surface area contributed by atoms with Gasteiger partial charge in [-0.1, -0.05) is 36.4 Å². The van der Waals surface area contributed by atoms with Gasteiger partial charge in [0.05, 0.1) is 36.1 Å². The molecule has 1 atom stereocenters. The molecule has 0 amide bonds. The van der Waals surface area contributed by atoms with Crippen LogP contribution in [-0.2, 0) is 6.54 Å². The summed E-state index contributed by atoms with van der Waals surface area (Å²) >= 11 is 0. The number of para-hydroxylation sites is 1. The zero-order chi connectivity index (χ0) is 27.8. The van der Waals surface area contributed by atoms with E-state index in [0.29, 0.717) is 40.7 Å². The van der Waals surface area contributed by atoms with E-state index in [0.717, 1.165) is 41.0 Å². The number of aromatic nitrogens is 6. The van der Waals surface area contributed by atoms with Gasteiger partial charge in [-0.05, 0) is 60.7 Å². The normalized spacial score (nSPS) is 13.8. The van der Waals surface area contributed by atoms with Crippen molar-refractivity contribution in [1.29, 1.82) is 0 Å². The van der Waals surface area contributed by atoms with Crippen molar-refractivity contribution in [3.05, 3.63) is 107 Å². The number of nitrogens with zero attached hydrogens (tertiary/aromatic N) is 5. The molecule has 204 valence electrons. The zero-order valence-electron chi connectivity index (χ0n) is 22.4. The minimum atomic E-state index is -0.246. The van der Waals surface area contributed by atoms with Crippen molar-refractivity contribution in [3.8, 4) is 11.4 Å². The molecule has 10 nitrogen and oxygen atoms in total. The van der Waals surface area contributed by atoms with Crippen LogP contribution in [0, 0.1) is 5.92 Å². The van der Waals surface area contributed by atoms with Crippen molar-refractivity contribution in [3.63, 3.8) is 0 Å². The first-order chi connectivity index (χ1) is 20.2. The lowest BCUT2D eigenvalue weighted by molar-refractivity contribution is 0.414. The monoisotopic (exact) mass is 544 g/mol. The Morgan fingerprint density at radius 2 is 1.83 bits per heavy atom. The second-order valence-electron chi connectivity index (χ2n) is 10.1. The molecule has 0 bridgehead atoms. The van der Waals surface area contributed by atoms with Gasteiger partial charge in [-0.3, -0.25) is 9.36 Å². The van der Waals surface area contributed by atoms with E-state index in [1.807, 2.05) is 72.8 Å². The fraction of sp³-hybridized carbons (Fsp3) is 0.194. The molecule has 3 aromatic heterocycles. The highest BCUT2D eigenvalue weighted by Gasteiger charge is 2.37. The number of hydrogen-bond donors (Lipinski definition) is 3. The van der Waals surface area contributed by atoms with Gasteiger partial charge in [0.2, 0.25) is 0 Å². The van der Waals surface area contributed by atoms with E-state index in [1.54, 1.807) is 18.0 Å². The number of anilines is 2. The minimum Gasteiger partial charge on any atom is -0.497 e. The molecule has 6 aromatic rings. The van der Waals surface area contributed by atoms with Crippen molar-refractivity contribution in [2.75, 3.05) is 17.7 Å². The highest BCUT2D eigenvalue weighted by molar-refractivity contribution is 5.91. The topological polar surface area (TPSA) is 123 Å². The fourth-order valence-corrected chi connectivity index (χ4v) is 5.22. The molecule has 0 saturated heterocycles. The quantitative estimate of drug-likeness (QED) is 0.226. The van der Waals surface area contributed by atoms with Gasteiger partial charge >= 0.3 is 0 Å². The number of fused-ring (bicyclic) bond motifs is 2. The van der Waals surface area contributed by atoms with Crippen LogP contribution in [0.4, 0.5) is 11.5 Å². The summed E-state index contributed by atoms with van der Waals surface area (Å²) in [6.07, 6.45) is 5.15.